The number of hydrogen-bond acceptors (Lipinski definition) is 5. The van der Waals surface area contributed by atoms with E-state index in [-0.39, 0.29) is 36.4 Å². The van der Waals surface area contributed by atoms with E-state index in [1.54, 1.807) is 14.2 Å². The van der Waals surface area contributed by atoms with Crippen molar-refractivity contribution in [2.75, 3.05) is 66.7 Å². The van der Waals surface area contributed by atoms with Gasteiger partial charge in [-0.1, -0.05) is 13.8 Å². The van der Waals surface area contributed by atoms with E-state index in [1.807, 2.05) is 0 Å². The summed E-state index contributed by atoms with van der Waals surface area (Å²) in [5.74, 6) is 1.19. The van der Waals surface area contributed by atoms with Crippen molar-refractivity contribution in [2.24, 2.45) is 10.9 Å². The molecular weight excluding hydrogens is 449 g/mol. The second-order valence-corrected chi connectivity index (χ2v) is 6.58. The zero-order valence-corrected chi connectivity index (χ0v) is 18.9. The Morgan fingerprint density at radius 2 is 1.92 bits per heavy atom. The minimum absolute atomic E-state index is 0. The van der Waals surface area contributed by atoms with Crippen LogP contribution in [-0.2, 0) is 14.3 Å². The highest BCUT2D eigenvalue weighted by molar-refractivity contribution is 14.0. The van der Waals surface area contributed by atoms with E-state index < -0.39 is 0 Å². The maximum absolute atomic E-state index is 11.7. The number of ether oxygens (including phenoxy) is 2. The van der Waals surface area contributed by atoms with Gasteiger partial charge in [-0.2, -0.15) is 0 Å². The molecule has 3 N–H and O–H groups in total. The van der Waals surface area contributed by atoms with Gasteiger partial charge in [0.2, 0.25) is 5.91 Å². The molecule has 1 aliphatic heterocycles. The molecule has 0 saturated carbocycles. The number of halogens is 1. The van der Waals surface area contributed by atoms with Gasteiger partial charge >= 0.3 is 0 Å². The highest BCUT2D eigenvalue weighted by atomic mass is 127. The predicted octanol–water partition coefficient (Wildman–Crippen LogP) is 0.279. The Morgan fingerprint density at radius 3 is 2.50 bits per heavy atom. The summed E-state index contributed by atoms with van der Waals surface area (Å²) in [6, 6.07) is 0.429. The summed E-state index contributed by atoms with van der Waals surface area (Å²) < 4.78 is 10.4. The van der Waals surface area contributed by atoms with Crippen LogP contribution in [0.25, 0.3) is 0 Å². The fourth-order valence-corrected chi connectivity index (χ4v) is 2.80. The Kier molecular flexibility index (Phi) is 15.0. The van der Waals surface area contributed by atoms with Crippen LogP contribution in [0.15, 0.2) is 4.99 Å². The molecule has 8 nitrogen and oxygen atoms in total. The molecule has 0 aromatic carbocycles. The van der Waals surface area contributed by atoms with Gasteiger partial charge in [-0.25, -0.2) is 0 Å². The van der Waals surface area contributed by atoms with Crippen molar-refractivity contribution in [1.82, 2.24) is 20.9 Å². The predicted molar refractivity (Wildman–Crippen MR) is 115 cm³/mol. The Bertz CT molecular complexity index is 404. The lowest BCUT2D eigenvalue weighted by Gasteiger charge is -2.35. The molecule has 1 amide bonds. The molecule has 26 heavy (non-hydrogen) atoms. The topological polar surface area (TPSA) is 87.2 Å². The third kappa shape index (κ3) is 11.1. The highest BCUT2D eigenvalue weighted by Crippen LogP contribution is 2.12. The Labute approximate surface area is 174 Å². The molecular formula is C17H36IN5O3. The molecule has 1 unspecified atom stereocenters. The molecule has 0 aliphatic carbocycles. The number of hydrogen-bond donors (Lipinski definition) is 3. The van der Waals surface area contributed by atoms with Gasteiger partial charge in [0.1, 0.15) is 0 Å². The molecule has 0 aromatic rings. The second-order valence-electron chi connectivity index (χ2n) is 6.58. The monoisotopic (exact) mass is 485 g/mol. The standard InChI is InChI=1S/C17H35N5O3.HI/c1-14(2)11-15(22-6-9-25-10-7-22)12-20-17(18-3)21-13-16(23)19-5-8-24-4;/h14-15H,5-13H2,1-4H3,(H,19,23)(H2,18,20,21);1H. The molecule has 0 aromatic heterocycles. The SMILES string of the molecule is CN=C(NCC(=O)NCCOC)NCC(CC(C)C)N1CCOCC1.I. The largest absolute Gasteiger partial charge is 0.383 e. The number of amides is 1. The van der Waals surface area contributed by atoms with Crippen LogP contribution >= 0.6 is 24.0 Å². The van der Waals surface area contributed by atoms with Crippen molar-refractivity contribution < 1.29 is 14.3 Å². The summed E-state index contributed by atoms with van der Waals surface area (Å²) in [5.41, 5.74) is 0. The van der Waals surface area contributed by atoms with Crippen LogP contribution in [0, 0.1) is 5.92 Å². The normalized spacial score (nSPS) is 16.7. The van der Waals surface area contributed by atoms with Gasteiger partial charge in [0.25, 0.3) is 0 Å². The van der Waals surface area contributed by atoms with Gasteiger partial charge in [0.05, 0.1) is 26.4 Å². The maximum atomic E-state index is 11.7. The summed E-state index contributed by atoms with van der Waals surface area (Å²) in [7, 11) is 3.32. The first-order valence-electron chi connectivity index (χ1n) is 9.08. The van der Waals surface area contributed by atoms with E-state index in [0.717, 1.165) is 39.3 Å². The van der Waals surface area contributed by atoms with Gasteiger partial charge in [-0.05, 0) is 12.3 Å². The first kappa shape index (κ1) is 25.4. The number of rotatable bonds is 10. The quantitative estimate of drug-likeness (QED) is 0.178. The first-order valence-corrected chi connectivity index (χ1v) is 9.08. The van der Waals surface area contributed by atoms with Gasteiger partial charge in [-0.3, -0.25) is 14.7 Å². The summed E-state index contributed by atoms with van der Waals surface area (Å²) in [4.78, 5) is 18.4. The van der Waals surface area contributed by atoms with Crippen LogP contribution in [0.2, 0.25) is 0 Å². The molecule has 0 bridgehead atoms. The Morgan fingerprint density at radius 1 is 1.23 bits per heavy atom. The number of morpholine rings is 1. The van der Waals surface area contributed by atoms with E-state index in [1.165, 1.54) is 0 Å². The van der Waals surface area contributed by atoms with Crippen LogP contribution in [-0.4, -0.2) is 89.5 Å². The Hall–Kier alpha value is -0.650. The van der Waals surface area contributed by atoms with Gasteiger partial charge < -0.3 is 25.4 Å². The van der Waals surface area contributed by atoms with Crippen molar-refractivity contribution in [3.8, 4) is 0 Å². The van der Waals surface area contributed by atoms with E-state index in [9.17, 15) is 4.79 Å². The van der Waals surface area contributed by atoms with Crippen LogP contribution in [0.5, 0.6) is 0 Å². The lowest BCUT2D eigenvalue weighted by atomic mass is 10.0. The minimum atomic E-state index is -0.0769. The number of guanidine groups is 1. The number of methoxy groups -OCH3 is 1. The van der Waals surface area contributed by atoms with Gasteiger partial charge in [-0.15, -0.1) is 24.0 Å². The molecule has 9 heteroatoms. The first-order chi connectivity index (χ1) is 12.1. The highest BCUT2D eigenvalue weighted by Gasteiger charge is 2.22. The van der Waals surface area contributed by atoms with Crippen molar-refractivity contribution >= 4 is 35.8 Å². The molecule has 1 heterocycles. The summed E-state index contributed by atoms with van der Waals surface area (Å²) in [6.45, 7) is 10.0. The molecule has 1 saturated heterocycles. The molecule has 1 aliphatic rings. The third-order valence-electron chi connectivity index (χ3n) is 4.08. The number of carbonyl (C=O) groups is 1. The van der Waals surface area contributed by atoms with Crippen LogP contribution in [0.3, 0.4) is 0 Å². The summed E-state index contributed by atoms with van der Waals surface area (Å²) >= 11 is 0. The fourth-order valence-electron chi connectivity index (χ4n) is 2.80. The molecule has 0 radical (unpaired) electrons. The van der Waals surface area contributed by atoms with E-state index >= 15 is 0 Å². The molecule has 154 valence electrons. The number of nitrogens with one attached hydrogen (secondary N) is 3. The number of aliphatic imine (C=N–C) groups is 1. The lowest BCUT2D eigenvalue weighted by molar-refractivity contribution is -0.120. The average molecular weight is 485 g/mol. The third-order valence-corrected chi connectivity index (χ3v) is 4.08. The molecule has 0 spiro atoms. The second kappa shape index (κ2) is 15.4. The van der Waals surface area contributed by atoms with E-state index in [0.29, 0.717) is 31.1 Å². The molecule has 1 fully saturated rings. The van der Waals surface area contributed by atoms with Crippen LogP contribution < -0.4 is 16.0 Å². The zero-order valence-electron chi connectivity index (χ0n) is 16.5. The number of nitrogens with zero attached hydrogens (tertiary/aromatic N) is 2. The van der Waals surface area contributed by atoms with E-state index in [2.05, 4.69) is 39.7 Å². The molecule has 1 rings (SSSR count). The zero-order chi connectivity index (χ0) is 18.5. The minimum Gasteiger partial charge on any atom is -0.383 e. The summed E-state index contributed by atoms with van der Waals surface area (Å²) in [5, 5.41) is 9.17. The van der Waals surface area contributed by atoms with Crippen molar-refractivity contribution in [3.63, 3.8) is 0 Å². The lowest BCUT2D eigenvalue weighted by Crippen LogP contribution is -2.51. The Balaban J connectivity index is 0.00000625. The van der Waals surface area contributed by atoms with Crippen LogP contribution in [0.4, 0.5) is 0 Å². The smallest absolute Gasteiger partial charge is 0.239 e. The van der Waals surface area contributed by atoms with Crippen LogP contribution in [0.1, 0.15) is 20.3 Å². The molecule has 1 atom stereocenters. The maximum Gasteiger partial charge on any atom is 0.239 e. The van der Waals surface area contributed by atoms with Crippen molar-refractivity contribution in [2.45, 2.75) is 26.3 Å². The number of carbonyl (C=O) groups excluding carboxylic acids is 1. The van der Waals surface area contributed by atoms with Gasteiger partial charge in [0.15, 0.2) is 5.96 Å². The summed E-state index contributed by atoms with van der Waals surface area (Å²) in [6.07, 6.45) is 1.11. The van der Waals surface area contributed by atoms with Crippen molar-refractivity contribution in [3.05, 3.63) is 0 Å². The van der Waals surface area contributed by atoms with E-state index in [4.69, 9.17) is 9.47 Å². The van der Waals surface area contributed by atoms with Gasteiger partial charge in [0, 0.05) is 46.4 Å². The fraction of sp³-hybridized carbons (Fsp3) is 0.882. The van der Waals surface area contributed by atoms with Crippen molar-refractivity contribution in [1.29, 1.82) is 0 Å². The average Bonchev–Trinajstić information content (AvgIpc) is 2.61.